The topological polar surface area (TPSA) is 12.0 Å². The number of rotatable bonds is 2. The standard InChI is InChI=1S/C16H23N.ClH/c1-3-13-15-11-12-7-5-6-8-14(12)16(13,4-2)9-10-17-15;/h5-8,13,15,17H,3-4,9-11H2,1-2H3;1H. The molecule has 1 aliphatic heterocycles. The van der Waals surface area contributed by atoms with Crippen LogP contribution >= 0.6 is 12.4 Å². The summed E-state index contributed by atoms with van der Waals surface area (Å²) in [5, 5.41) is 3.75. The summed E-state index contributed by atoms with van der Waals surface area (Å²) in [4.78, 5) is 0. The second-order valence-corrected chi connectivity index (χ2v) is 5.70. The normalized spacial score (nSPS) is 33.4. The van der Waals surface area contributed by atoms with Gasteiger partial charge in [0.1, 0.15) is 0 Å². The predicted octanol–water partition coefficient (Wildman–Crippen LogP) is 3.70. The Balaban J connectivity index is 0.00000120. The third-order valence-electron chi connectivity index (χ3n) is 5.24. The van der Waals surface area contributed by atoms with E-state index in [4.69, 9.17) is 0 Å². The highest BCUT2D eigenvalue weighted by Gasteiger charge is 2.48. The van der Waals surface area contributed by atoms with Gasteiger partial charge in [-0.05, 0) is 42.9 Å². The van der Waals surface area contributed by atoms with Crippen molar-refractivity contribution in [2.75, 3.05) is 6.54 Å². The summed E-state index contributed by atoms with van der Waals surface area (Å²) >= 11 is 0. The minimum Gasteiger partial charge on any atom is -0.313 e. The van der Waals surface area contributed by atoms with Crippen LogP contribution < -0.4 is 5.32 Å². The zero-order chi connectivity index (χ0) is 11.9. The molecule has 1 aliphatic carbocycles. The fourth-order valence-electron chi connectivity index (χ4n) is 4.47. The molecular weight excluding hydrogens is 242 g/mol. The molecule has 2 heteroatoms. The molecule has 18 heavy (non-hydrogen) atoms. The molecule has 1 aromatic carbocycles. The highest BCUT2D eigenvalue weighted by Crippen LogP contribution is 2.49. The van der Waals surface area contributed by atoms with Crippen molar-refractivity contribution in [2.24, 2.45) is 5.92 Å². The van der Waals surface area contributed by atoms with Crippen molar-refractivity contribution in [3.05, 3.63) is 35.4 Å². The molecule has 3 atom stereocenters. The summed E-state index contributed by atoms with van der Waals surface area (Å²) in [5.41, 5.74) is 3.71. The van der Waals surface area contributed by atoms with Gasteiger partial charge in [0.05, 0.1) is 0 Å². The zero-order valence-corrected chi connectivity index (χ0v) is 12.2. The summed E-state index contributed by atoms with van der Waals surface area (Å²) in [6.07, 6.45) is 5.15. The Kier molecular flexibility index (Phi) is 4.03. The van der Waals surface area contributed by atoms with Gasteiger partial charge in [-0.15, -0.1) is 12.4 Å². The van der Waals surface area contributed by atoms with Crippen molar-refractivity contribution in [3.63, 3.8) is 0 Å². The van der Waals surface area contributed by atoms with Gasteiger partial charge in [-0.1, -0.05) is 44.5 Å². The summed E-state index contributed by atoms with van der Waals surface area (Å²) in [7, 11) is 0. The van der Waals surface area contributed by atoms with Gasteiger partial charge in [0.2, 0.25) is 0 Å². The van der Waals surface area contributed by atoms with Crippen molar-refractivity contribution in [3.8, 4) is 0 Å². The number of halogens is 1. The van der Waals surface area contributed by atoms with Gasteiger partial charge in [-0.3, -0.25) is 0 Å². The highest BCUT2D eigenvalue weighted by atomic mass is 35.5. The Hall–Kier alpha value is -0.530. The highest BCUT2D eigenvalue weighted by molar-refractivity contribution is 5.85. The first-order valence-corrected chi connectivity index (χ1v) is 7.13. The maximum absolute atomic E-state index is 3.75. The van der Waals surface area contributed by atoms with Crippen LogP contribution in [0.3, 0.4) is 0 Å². The minimum absolute atomic E-state index is 0. The van der Waals surface area contributed by atoms with E-state index in [-0.39, 0.29) is 12.4 Å². The van der Waals surface area contributed by atoms with Crippen LogP contribution in [0.4, 0.5) is 0 Å². The van der Waals surface area contributed by atoms with Gasteiger partial charge in [0.15, 0.2) is 0 Å². The molecule has 0 spiro atoms. The first-order valence-electron chi connectivity index (χ1n) is 7.13. The number of piperidine rings is 1. The fourth-order valence-corrected chi connectivity index (χ4v) is 4.47. The number of nitrogens with one attached hydrogen (secondary N) is 1. The molecule has 2 aliphatic rings. The monoisotopic (exact) mass is 265 g/mol. The SMILES string of the molecule is CCC1C2Cc3ccccc3C1(CC)CCN2.Cl. The molecular formula is C16H24ClN. The van der Waals surface area contributed by atoms with Crippen molar-refractivity contribution >= 4 is 12.4 Å². The van der Waals surface area contributed by atoms with E-state index in [0.717, 1.165) is 5.92 Å². The molecule has 0 aromatic heterocycles. The first-order chi connectivity index (χ1) is 8.31. The molecule has 3 rings (SSSR count). The zero-order valence-electron chi connectivity index (χ0n) is 11.4. The Morgan fingerprint density at radius 2 is 2.06 bits per heavy atom. The average Bonchev–Trinajstić information content (AvgIpc) is 2.38. The average molecular weight is 266 g/mol. The molecule has 0 saturated carbocycles. The van der Waals surface area contributed by atoms with Crippen molar-refractivity contribution in [1.29, 1.82) is 0 Å². The van der Waals surface area contributed by atoms with E-state index < -0.39 is 0 Å². The smallest absolute Gasteiger partial charge is 0.0144 e. The van der Waals surface area contributed by atoms with Crippen LogP contribution in [-0.4, -0.2) is 12.6 Å². The van der Waals surface area contributed by atoms with Crippen LogP contribution in [0.2, 0.25) is 0 Å². The second-order valence-electron chi connectivity index (χ2n) is 5.70. The molecule has 1 heterocycles. The third kappa shape index (κ3) is 1.80. The van der Waals surface area contributed by atoms with Crippen LogP contribution in [0.25, 0.3) is 0 Å². The van der Waals surface area contributed by atoms with Crippen molar-refractivity contribution in [1.82, 2.24) is 5.32 Å². The van der Waals surface area contributed by atoms with E-state index in [2.05, 4.69) is 43.4 Å². The van der Waals surface area contributed by atoms with E-state index >= 15 is 0 Å². The minimum atomic E-state index is 0. The summed E-state index contributed by atoms with van der Waals surface area (Å²) in [6.45, 7) is 5.94. The van der Waals surface area contributed by atoms with Gasteiger partial charge in [0.25, 0.3) is 0 Å². The van der Waals surface area contributed by atoms with Crippen LogP contribution in [0.1, 0.15) is 44.2 Å². The quantitative estimate of drug-likeness (QED) is 0.860. The Morgan fingerprint density at radius 1 is 1.28 bits per heavy atom. The van der Waals surface area contributed by atoms with Gasteiger partial charge in [0, 0.05) is 11.5 Å². The van der Waals surface area contributed by atoms with Crippen LogP contribution in [-0.2, 0) is 11.8 Å². The maximum atomic E-state index is 3.75. The van der Waals surface area contributed by atoms with Gasteiger partial charge in [-0.2, -0.15) is 0 Å². The van der Waals surface area contributed by atoms with E-state index in [0.29, 0.717) is 11.5 Å². The Labute approximate surface area is 117 Å². The molecule has 100 valence electrons. The molecule has 0 radical (unpaired) electrons. The molecule has 1 aromatic rings. The molecule has 3 unspecified atom stereocenters. The molecule has 0 amide bonds. The molecule has 2 bridgehead atoms. The van der Waals surface area contributed by atoms with Crippen LogP contribution in [0, 0.1) is 5.92 Å². The lowest BCUT2D eigenvalue weighted by atomic mass is 9.56. The summed E-state index contributed by atoms with van der Waals surface area (Å²) < 4.78 is 0. The lowest BCUT2D eigenvalue weighted by molar-refractivity contribution is 0.118. The van der Waals surface area contributed by atoms with Gasteiger partial charge in [-0.25, -0.2) is 0 Å². The van der Waals surface area contributed by atoms with Gasteiger partial charge < -0.3 is 5.32 Å². The van der Waals surface area contributed by atoms with Crippen molar-refractivity contribution < 1.29 is 0 Å². The number of hydrogen-bond acceptors (Lipinski definition) is 1. The molecule has 1 saturated heterocycles. The summed E-state index contributed by atoms with van der Waals surface area (Å²) in [5.74, 6) is 0.830. The fraction of sp³-hybridized carbons (Fsp3) is 0.625. The van der Waals surface area contributed by atoms with Crippen LogP contribution in [0.15, 0.2) is 24.3 Å². The lowest BCUT2D eigenvalue weighted by Gasteiger charge is -2.53. The Morgan fingerprint density at radius 3 is 2.78 bits per heavy atom. The first kappa shape index (κ1) is 13.9. The lowest BCUT2D eigenvalue weighted by Crippen LogP contribution is -2.58. The number of fused-ring (bicyclic) bond motifs is 4. The largest absolute Gasteiger partial charge is 0.313 e. The molecule has 1 fully saturated rings. The molecule has 1 N–H and O–H groups in total. The van der Waals surface area contributed by atoms with E-state index in [1.54, 1.807) is 11.1 Å². The molecule has 1 nitrogen and oxygen atoms in total. The van der Waals surface area contributed by atoms with E-state index in [1.807, 2.05) is 0 Å². The second kappa shape index (κ2) is 5.22. The summed E-state index contributed by atoms with van der Waals surface area (Å²) in [6, 6.07) is 9.87. The third-order valence-corrected chi connectivity index (χ3v) is 5.24. The van der Waals surface area contributed by atoms with E-state index in [1.165, 1.54) is 32.2 Å². The predicted molar refractivity (Wildman–Crippen MR) is 79.6 cm³/mol. The number of benzene rings is 1. The van der Waals surface area contributed by atoms with Crippen molar-refractivity contribution in [2.45, 2.75) is 51.0 Å². The van der Waals surface area contributed by atoms with E-state index in [9.17, 15) is 0 Å². The maximum Gasteiger partial charge on any atom is 0.0144 e. The van der Waals surface area contributed by atoms with Crippen LogP contribution in [0.5, 0.6) is 0 Å². The van der Waals surface area contributed by atoms with Gasteiger partial charge >= 0.3 is 0 Å². The Bertz CT molecular complexity index is 417. The number of hydrogen-bond donors (Lipinski definition) is 1.